The summed E-state index contributed by atoms with van der Waals surface area (Å²) in [6, 6.07) is 5.90. The van der Waals surface area contributed by atoms with Gasteiger partial charge in [0, 0.05) is 5.56 Å². The second-order valence-electron chi connectivity index (χ2n) is 3.35. The number of hydrogen-bond acceptors (Lipinski definition) is 3. The molecule has 0 amide bonds. The van der Waals surface area contributed by atoms with Crippen molar-refractivity contribution in [2.24, 2.45) is 16.5 Å². The van der Waals surface area contributed by atoms with Gasteiger partial charge in [-0.3, -0.25) is 5.10 Å². The van der Waals surface area contributed by atoms with Gasteiger partial charge in [0.1, 0.15) is 18.2 Å². The van der Waals surface area contributed by atoms with E-state index in [-0.39, 0.29) is 18.3 Å². The Hall–Kier alpha value is -2.44. The zero-order valence-electron chi connectivity index (χ0n) is 8.89. The third kappa shape index (κ3) is 2.77. The first-order chi connectivity index (χ1) is 8.15. The summed E-state index contributed by atoms with van der Waals surface area (Å²) in [6.45, 7) is 0.233. The second-order valence-corrected chi connectivity index (χ2v) is 3.35. The molecule has 0 saturated heterocycles. The molecule has 0 aliphatic carbocycles. The minimum atomic E-state index is -0.301. The molecule has 0 atom stereocenters. The Kier molecular flexibility index (Phi) is 2.99. The van der Waals surface area contributed by atoms with Crippen LogP contribution in [0.15, 0.2) is 29.3 Å². The molecule has 5 N–H and O–H groups in total. The smallest absolute Gasteiger partial charge is 0.186 e. The normalized spacial score (nSPS) is 10.2. The fourth-order valence-corrected chi connectivity index (χ4v) is 1.26. The minimum absolute atomic E-state index is 0.00951. The standard InChI is InChI=1S/C10H11FN6/c11-7-3-1-6(2-4-7)9-15-8(16-17-9)5-14-10(12)13/h1-4H,5H2,(H4,12,13,14)(H,15,16,17). The lowest BCUT2D eigenvalue weighted by Gasteiger charge is -1.93. The molecule has 2 rings (SSSR count). The first-order valence-corrected chi connectivity index (χ1v) is 4.88. The molecular weight excluding hydrogens is 223 g/mol. The largest absolute Gasteiger partial charge is 0.370 e. The zero-order valence-corrected chi connectivity index (χ0v) is 8.89. The maximum absolute atomic E-state index is 12.7. The highest BCUT2D eigenvalue weighted by Gasteiger charge is 2.05. The number of nitrogens with one attached hydrogen (secondary N) is 1. The molecule has 1 heterocycles. The molecule has 7 heteroatoms. The van der Waals surface area contributed by atoms with Crippen molar-refractivity contribution in [2.75, 3.05) is 0 Å². The van der Waals surface area contributed by atoms with Gasteiger partial charge >= 0.3 is 0 Å². The molecule has 0 fully saturated rings. The summed E-state index contributed by atoms with van der Waals surface area (Å²) in [5, 5.41) is 6.69. The molecule has 88 valence electrons. The maximum atomic E-state index is 12.7. The van der Waals surface area contributed by atoms with Crippen molar-refractivity contribution in [1.82, 2.24) is 15.2 Å². The van der Waals surface area contributed by atoms with Gasteiger partial charge in [-0.2, -0.15) is 5.10 Å². The Bertz CT molecular complexity index is 526. The first kappa shape index (κ1) is 11.1. The molecule has 0 bridgehead atoms. The van der Waals surface area contributed by atoms with Gasteiger partial charge in [0.25, 0.3) is 0 Å². The summed E-state index contributed by atoms with van der Waals surface area (Å²) in [7, 11) is 0. The molecule has 0 radical (unpaired) electrons. The first-order valence-electron chi connectivity index (χ1n) is 4.88. The highest BCUT2D eigenvalue weighted by molar-refractivity contribution is 5.75. The zero-order chi connectivity index (χ0) is 12.3. The molecule has 1 aromatic heterocycles. The molecule has 1 aromatic carbocycles. The van der Waals surface area contributed by atoms with E-state index in [0.717, 1.165) is 5.56 Å². The van der Waals surface area contributed by atoms with Crippen molar-refractivity contribution in [1.29, 1.82) is 0 Å². The van der Waals surface area contributed by atoms with Crippen LogP contribution in [0.2, 0.25) is 0 Å². The molecule has 2 aromatic rings. The topological polar surface area (TPSA) is 106 Å². The lowest BCUT2D eigenvalue weighted by atomic mass is 10.2. The number of aliphatic imine (C=N–C) groups is 1. The van der Waals surface area contributed by atoms with Gasteiger partial charge in [0.15, 0.2) is 11.8 Å². The fourth-order valence-electron chi connectivity index (χ4n) is 1.26. The average Bonchev–Trinajstić information content (AvgIpc) is 2.76. The number of hydrogen-bond donors (Lipinski definition) is 3. The van der Waals surface area contributed by atoms with Crippen LogP contribution in [0.1, 0.15) is 5.82 Å². The van der Waals surface area contributed by atoms with E-state index in [0.29, 0.717) is 11.6 Å². The van der Waals surface area contributed by atoms with Crippen molar-refractivity contribution in [3.8, 4) is 11.4 Å². The molecule has 17 heavy (non-hydrogen) atoms. The highest BCUT2D eigenvalue weighted by Crippen LogP contribution is 2.14. The van der Waals surface area contributed by atoms with E-state index in [1.807, 2.05) is 0 Å². The second kappa shape index (κ2) is 4.60. The summed E-state index contributed by atoms with van der Waals surface area (Å²) < 4.78 is 12.7. The van der Waals surface area contributed by atoms with E-state index in [9.17, 15) is 4.39 Å². The number of nitrogens with two attached hydrogens (primary N) is 2. The fraction of sp³-hybridized carbons (Fsp3) is 0.100. The van der Waals surface area contributed by atoms with Crippen LogP contribution >= 0.6 is 0 Å². The number of benzene rings is 1. The van der Waals surface area contributed by atoms with Crippen LogP contribution in [0.3, 0.4) is 0 Å². The number of H-pyrrole nitrogens is 1. The van der Waals surface area contributed by atoms with Crippen LogP contribution in [0.5, 0.6) is 0 Å². The Morgan fingerprint density at radius 1 is 1.29 bits per heavy atom. The lowest BCUT2D eigenvalue weighted by Crippen LogP contribution is -2.22. The minimum Gasteiger partial charge on any atom is -0.370 e. The number of aromatic nitrogens is 3. The summed E-state index contributed by atoms with van der Waals surface area (Å²) in [5.41, 5.74) is 11.1. The molecule has 0 saturated carbocycles. The summed E-state index contributed by atoms with van der Waals surface area (Å²) in [4.78, 5) is 7.97. The number of nitrogens with zero attached hydrogens (tertiary/aromatic N) is 3. The molecule has 6 nitrogen and oxygen atoms in total. The molecule has 0 spiro atoms. The van der Waals surface area contributed by atoms with Gasteiger partial charge in [-0.15, -0.1) is 0 Å². The SMILES string of the molecule is NC(N)=NCc1nc(-c2ccc(F)cc2)n[nH]1. The van der Waals surface area contributed by atoms with Gasteiger partial charge in [0.05, 0.1) is 0 Å². The lowest BCUT2D eigenvalue weighted by molar-refractivity contribution is 0.628. The Morgan fingerprint density at radius 2 is 2.00 bits per heavy atom. The molecule has 0 aliphatic heterocycles. The van der Waals surface area contributed by atoms with Gasteiger partial charge in [0.2, 0.25) is 0 Å². The van der Waals surface area contributed by atoms with Crippen LogP contribution in [-0.4, -0.2) is 21.1 Å². The van der Waals surface area contributed by atoms with Gasteiger partial charge in [-0.05, 0) is 24.3 Å². The van der Waals surface area contributed by atoms with E-state index in [1.54, 1.807) is 12.1 Å². The molecule has 0 aliphatic rings. The van der Waals surface area contributed by atoms with E-state index < -0.39 is 0 Å². The monoisotopic (exact) mass is 234 g/mol. The Morgan fingerprint density at radius 3 is 2.65 bits per heavy atom. The van der Waals surface area contributed by atoms with Gasteiger partial charge in [-0.1, -0.05) is 0 Å². The van der Waals surface area contributed by atoms with E-state index in [1.165, 1.54) is 12.1 Å². The van der Waals surface area contributed by atoms with Crippen LogP contribution in [0.25, 0.3) is 11.4 Å². The van der Waals surface area contributed by atoms with Crippen molar-refractivity contribution in [2.45, 2.75) is 6.54 Å². The molecular formula is C10H11FN6. The third-order valence-electron chi connectivity index (χ3n) is 2.05. The Balaban J connectivity index is 2.18. The van der Waals surface area contributed by atoms with Gasteiger partial charge < -0.3 is 11.5 Å². The van der Waals surface area contributed by atoms with Crippen molar-refractivity contribution in [3.63, 3.8) is 0 Å². The highest BCUT2D eigenvalue weighted by atomic mass is 19.1. The number of halogens is 1. The van der Waals surface area contributed by atoms with E-state index in [4.69, 9.17) is 11.5 Å². The quantitative estimate of drug-likeness (QED) is 0.527. The van der Waals surface area contributed by atoms with Gasteiger partial charge in [-0.25, -0.2) is 14.4 Å². The van der Waals surface area contributed by atoms with Crippen LogP contribution in [0, 0.1) is 5.82 Å². The van der Waals surface area contributed by atoms with Crippen LogP contribution < -0.4 is 11.5 Å². The molecule has 0 unspecified atom stereocenters. The maximum Gasteiger partial charge on any atom is 0.186 e. The van der Waals surface area contributed by atoms with E-state index >= 15 is 0 Å². The van der Waals surface area contributed by atoms with Crippen LogP contribution in [0.4, 0.5) is 4.39 Å². The summed E-state index contributed by atoms with van der Waals surface area (Å²) in [5.74, 6) is 0.707. The predicted octanol–water partition coefficient (Wildman–Crippen LogP) is 0.384. The number of rotatable bonds is 3. The summed E-state index contributed by atoms with van der Waals surface area (Å²) in [6.07, 6.45) is 0. The third-order valence-corrected chi connectivity index (χ3v) is 2.05. The summed E-state index contributed by atoms with van der Waals surface area (Å²) >= 11 is 0. The van der Waals surface area contributed by atoms with E-state index in [2.05, 4.69) is 20.2 Å². The van der Waals surface area contributed by atoms with Crippen molar-refractivity contribution < 1.29 is 4.39 Å². The predicted molar refractivity (Wildman–Crippen MR) is 61.3 cm³/mol. The Labute approximate surface area is 96.6 Å². The number of guanidine groups is 1. The van der Waals surface area contributed by atoms with Crippen LogP contribution in [-0.2, 0) is 6.54 Å². The average molecular weight is 234 g/mol. The van der Waals surface area contributed by atoms with Crippen molar-refractivity contribution >= 4 is 5.96 Å². The number of aromatic amines is 1. The van der Waals surface area contributed by atoms with Crippen molar-refractivity contribution in [3.05, 3.63) is 35.9 Å².